The fraction of sp³-hybridized carbons (Fsp3) is 0.231. The van der Waals surface area contributed by atoms with Gasteiger partial charge in [-0.05, 0) is 12.0 Å². The molecule has 0 spiro atoms. The van der Waals surface area contributed by atoms with E-state index in [-0.39, 0.29) is 6.42 Å². The van der Waals surface area contributed by atoms with Crippen LogP contribution in [0.4, 0.5) is 0 Å². The first-order valence-corrected chi connectivity index (χ1v) is 6.32. The molecule has 1 aromatic heterocycles. The molecular formula is C13H13NO2S. The monoisotopic (exact) mass is 247 g/mol. The van der Waals surface area contributed by atoms with Gasteiger partial charge in [-0.1, -0.05) is 31.2 Å². The van der Waals surface area contributed by atoms with Crippen LogP contribution >= 0.6 is 11.3 Å². The quantitative estimate of drug-likeness (QED) is 0.903. The number of nitrogens with zero attached hydrogens (tertiary/aromatic N) is 1. The van der Waals surface area contributed by atoms with Gasteiger partial charge >= 0.3 is 5.97 Å². The van der Waals surface area contributed by atoms with Crippen LogP contribution in [-0.4, -0.2) is 16.1 Å². The van der Waals surface area contributed by atoms with Gasteiger partial charge in [0.15, 0.2) is 0 Å². The minimum absolute atomic E-state index is 0.0372. The molecule has 0 fully saturated rings. The van der Waals surface area contributed by atoms with Crippen LogP contribution in [0.2, 0.25) is 0 Å². The van der Waals surface area contributed by atoms with Crippen LogP contribution in [0.3, 0.4) is 0 Å². The van der Waals surface area contributed by atoms with Crippen molar-refractivity contribution in [2.24, 2.45) is 0 Å². The molecule has 3 nitrogen and oxygen atoms in total. The summed E-state index contributed by atoms with van der Waals surface area (Å²) >= 11 is 1.39. The Morgan fingerprint density at radius 2 is 2.06 bits per heavy atom. The molecule has 0 bridgehead atoms. The molecule has 0 aliphatic carbocycles. The summed E-state index contributed by atoms with van der Waals surface area (Å²) in [6.07, 6.45) is 1.04. The highest BCUT2D eigenvalue weighted by Gasteiger charge is 2.11. The van der Waals surface area contributed by atoms with Crippen molar-refractivity contribution in [2.45, 2.75) is 19.8 Å². The number of aryl methyl sites for hydroxylation is 1. The molecule has 0 radical (unpaired) electrons. The second-order valence-corrected chi connectivity index (χ2v) is 4.68. The lowest BCUT2D eigenvalue weighted by Crippen LogP contribution is -1.99. The number of hydrogen-bond acceptors (Lipinski definition) is 3. The van der Waals surface area contributed by atoms with E-state index in [1.165, 1.54) is 16.9 Å². The zero-order valence-electron chi connectivity index (χ0n) is 9.51. The van der Waals surface area contributed by atoms with Gasteiger partial charge in [-0.3, -0.25) is 4.79 Å². The van der Waals surface area contributed by atoms with Crippen molar-refractivity contribution in [1.29, 1.82) is 0 Å². The fourth-order valence-corrected chi connectivity index (χ4v) is 2.44. The van der Waals surface area contributed by atoms with E-state index in [2.05, 4.69) is 24.0 Å². The third kappa shape index (κ3) is 2.71. The lowest BCUT2D eigenvalue weighted by Gasteiger charge is -2.02. The highest BCUT2D eigenvalue weighted by atomic mass is 32.1. The van der Waals surface area contributed by atoms with E-state index in [1.54, 1.807) is 5.51 Å². The Balaban J connectivity index is 2.32. The Bertz CT molecular complexity index is 516. The average molecular weight is 247 g/mol. The third-order valence-corrected chi connectivity index (χ3v) is 3.42. The molecule has 2 aromatic rings. The molecule has 0 saturated heterocycles. The van der Waals surface area contributed by atoms with E-state index in [0.29, 0.717) is 0 Å². The Labute approximate surface area is 104 Å². The zero-order valence-corrected chi connectivity index (χ0v) is 10.3. The van der Waals surface area contributed by atoms with Crippen LogP contribution in [-0.2, 0) is 17.6 Å². The summed E-state index contributed by atoms with van der Waals surface area (Å²) in [5.74, 6) is -0.819. The first-order valence-electron chi connectivity index (χ1n) is 5.44. The van der Waals surface area contributed by atoms with E-state index < -0.39 is 5.97 Å². The molecule has 2 rings (SSSR count). The summed E-state index contributed by atoms with van der Waals surface area (Å²) in [6, 6.07) is 8.11. The Morgan fingerprint density at radius 3 is 2.65 bits per heavy atom. The van der Waals surface area contributed by atoms with Crippen LogP contribution in [0.25, 0.3) is 11.3 Å². The zero-order chi connectivity index (χ0) is 12.3. The molecule has 0 aliphatic rings. The highest BCUT2D eigenvalue weighted by molar-refractivity contribution is 7.10. The van der Waals surface area contributed by atoms with Crippen molar-refractivity contribution in [3.8, 4) is 11.3 Å². The van der Waals surface area contributed by atoms with Gasteiger partial charge in [0.2, 0.25) is 0 Å². The van der Waals surface area contributed by atoms with Gasteiger partial charge < -0.3 is 5.11 Å². The standard InChI is InChI=1S/C13H13NO2S/c1-2-9-3-5-10(6-4-9)13-11(7-12(15)16)17-8-14-13/h3-6,8H,2,7H2,1H3,(H,15,16). The number of thiazole rings is 1. The summed E-state index contributed by atoms with van der Waals surface area (Å²) < 4.78 is 0. The van der Waals surface area contributed by atoms with E-state index in [0.717, 1.165) is 22.6 Å². The predicted molar refractivity (Wildman–Crippen MR) is 68.3 cm³/mol. The van der Waals surface area contributed by atoms with Crippen LogP contribution < -0.4 is 0 Å². The summed E-state index contributed by atoms with van der Waals surface area (Å²) in [7, 11) is 0. The second-order valence-electron chi connectivity index (χ2n) is 3.75. The molecule has 0 aliphatic heterocycles. The summed E-state index contributed by atoms with van der Waals surface area (Å²) in [5.41, 5.74) is 4.74. The van der Waals surface area contributed by atoms with Crippen molar-refractivity contribution in [3.63, 3.8) is 0 Å². The van der Waals surface area contributed by atoms with Crippen LogP contribution in [0.15, 0.2) is 29.8 Å². The Morgan fingerprint density at radius 1 is 1.35 bits per heavy atom. The third-order valence-electron chi connectivity index (χ3n) is 2.59. The minimum atomic E-state index is -0.819. The van der Waals surface area contributed by atoms with Crippen molar-refractivity contribution in [2.75, 3.05) is 0 Å². The predicted octanol–water partition coefficient (Wildman–Crippen LogP) is 3.00. The van der Waals surface area contributed by atoms with Gasteiger partial charge in [0.25, 0.3) is 0 Å². The van der Waals surface area contributed by atoms with Crippen molar-refractivity contribution in [1.82, 2.24) is 4.98 Å². The largest absolute Gasteiger partial charge is 0.481 e. The molecule has 0 unspecified atom stereocenters. The van der Waals surface area contributed by atoms with E-state index in [4.69, 9.17) is 5.11 Å². The lowest BCUT2D eigenvalue weighted by atomic mass is 10.1. The van der Waals surface area contributed by atoms with E-state index >= 15 is 0 Å². The summed E-state index contributed by atoms with van der Waals surface area (Å²) in [4.78, 5) is 15.8. The molecule has 4 heteroatoms. The van der Waals surface area contributed by atoms with Gasteiger partial charge in [-0.15, -0.1) is 11.3 Å². The van der Waals surface area contributed by atoms with Crippen molar-refractivity contribution in [3.05, 3.63) is 40.2 Å². The van der Waals surface area contributed by atoms with Gasteiger partial charge in [0.05, 0.1) is 17.6 Å². The molecular weight excluding hydrogens is 234 g/mol. The first kappa shape index (κ1) is 11.8. The maximum absolute atomic E-state index is 10.7. The van der Waals surface area contributed by atoms with Gasteiger partial charge in [-0.2, -0.15) is 0 Å². The van der Waals surface area contributed by atoms with Crippen LogP contribution in [0, 0.1) is 0 Å². The van der Waals surface area contributed by atoms with E-state index in [1.807, 2.05) is 12.1 Å². The maximum atomic E-state index is 10.7. The molecule has 0 saturated carbocycles. The second kappa shape index (κ2) is 5.10. The first-order chi connectivity index (χ1) is 8.20. The van der Waals surface area contributed by atoms with Crippen molar-refractivity contribution >= 4 is 17.3 Å². The van der Waals surface area contributed by atoms with Gasteiger partial charge in [0.1, 0.15) is 0 Å². The van der Waals surface area contributed by atoms with Gasteiger partial charge in [-0.25, -0.2) is 4.98 Å². The number of hydrogen-bond donors (Lipinski definition) is 1. The number of aliphatic carboxylic acids is 1. The summed E-state index contributed by atoms with van der Waals surface area (Å²) in [6.45, 7) is 2.10. The number of rotatable bonds is 4. The van der Waals surface area contributed by atoms with Crippen LogP contribution in [0.5, 0.6) is 0 Å². The number of carboxylic acid groups (broad SMARTS) is 1. The molecule has 17 heavy (non-hydrogen) atoms. The topological polar surface area (TPSA) is 50.2 Å². The summed E-state index contributed by atoms with van der Waals surface area (Å²) in [5, 5.41) is 8.82. The Hall–Kier alpha value is -1.68. The SMILES string of the molecule is CCc1ccc(-c2ncsc2CC(=O)O)cc1. The molecule has 1 aromatic carbocycles. The molecule has 1 N–H and O–H groups in total. The highest BCUT2D eigenvalue weighted by Crippen LogP contribution is 2.26. The molecule has 1 heterocycles. The minimum Gasteiger partial charge on any atom is -0.481 e. The number of benzene rings is 1. The molecule has 0 atom stereocenters. The lowest BCUT2D eigenvalue weighted by molar-refractivity contribution is -0.136. The fourth-order valence-electron chi connectivity index (χ4n) is 1.67. The van der Waals surface area contributed by atoms with Crippen molar-refractivity contribution < 1.29 is 9.90 Å². The Kier molecular flexibility index (Phi) is 3.54. The smallest absolute Gasteiger partial charge is 0.308 e. The normalized spacial score (nSPS) is 10.4. The van der Waals surface area contributed by atoms with Crippen LogP contribution in [0.1, 0.15) is 17.4 Å². The number of carbonyl (C=O) groups is 1. The van der Waals surface area contributed by atoms with E-state index in [9.17, 15) is 4.79 Å². The van der Waals surface area contributed by atoms with Gasteiger partial charge in [0, 0.05) is 10.4 Å². The maximum Gasteiger partial charge on any atom is 0.308 e. The molecule has 0 amide bonds. The number of carboxylic acids is 1. The number of aromatic nitrogens is 1. The molecule has 88 valence electrons. The average Bonchev–Trinajstić information content (AvgIpc) is 2.76.